The highest BCUT2D eigenvalue weighted by molar-refractivity contribution is 5.75. The predicted molar refractivity (Wildman–Crippen MR) is 68.9 cm³/mol. The lowest BCUT2D eigenvalue weighted by Crippen LogP contribution is -2.32. The van der Waals surface area contributed by atoms with Crippen molar-refractivity contribution >= 4 is 5.97 Å². The van der Waals surface area contributed by atoms with Gasteiger partial charge in [-0.1, -0.05) is 57.0 Å². The van der Waals surface area contributed by atoms with E-state index in [2.05, 4.69) is 19.2 Å². The maximum Gasteiger partial charge on any atom is 0.325 e. The van der Waals surface area contributed by atoms with Crippen LogP contribution in [0.5, 0.6) is 0 Å². The van der Waals surface area contributed by atoms with Gasteiger partial charge in [0.15, 0.2) is 0 Å². The third-order valence-electron chi connectivity index (χ3n) is 3.15. The van der Waals surface area contributed by atoms with E-state index >= 15 is 0 Å². The Bertz CT molecular complexity index is 333. The Kier molecular flexibility index (Phi) is 5.70. The minimum atomic E-state index is -0.817. The third-order valence-corrected chi connectivity index (χ3v) is 3.15. The Hall–Kier alpha value is -1.35. The molecule has 94 valence electrons. The standard InChI is InChI=1S/C14H21NO2/c1-3-11(4-2)10-15-13(14(16)17)12-8-6-5-7-9-12/h5-9,11,13,15H,3-4,10H2,1-2H3,(H,16,17). The van der Waals surface area contributed by atoms with E-state index in [1.54, 1.807) is 0 Å². The van der Waals surface area contributed by atoms with Crippen molar-refractivity contribution in [3.63, 3.8) is 0 Å². The molecule has 0 bridgehead atoms. The van der Waals surface area contributed by atoms with Crippen molar-refractivity contribution in [2.45, 2.75) is 32.7 Å². The fraction of sp³-hybridized carbons (Fsp3) is 0.500. The number of hydrogen-bond acceptors (Lipinski definition) is 2. The van der Waals surface area contributed by atoms with Crippen molar-refractivity contribution in [3.05, 3.63) is 35.9 Å². The molecule has 0 amide bonds. The maximum absolute atomic E-state index is 11.2. The quantitative estimate of drug-likeness (QED) is 0.764. The van der Waals surface area contributed by atoms with Crippen molar-refractivity contribution in [1.29, 1.82) is 0 Å². The molecule has 0 aliphatic heterocycles. The van der Waals surface area contributed by atoms with E-state index < -0.39 is 12.0 Å². The summed E-state index contributed by atoms with van der Waals surface area (Å²) in [7, 11) is 0. The fourth-order valence-corrected chi connectivity index (χ4v) is 1.86. The van der Waals surface area contributed by atoms with Crippen LogP contribution < -0.4 is 5.32 Å². The number of benzene rings is 1. The Morgan fingerprint density at radius 2 is 1.82 bits per heavy atom. The Morgan fingerprint density at radius 1 is 1.24 bits per heavy atom. The van der Waals surface area contributed by atoms with Gasteiger partial charge < -0.3 is 10.4 Å². The second-order valence-electron chi connectivity index (χ2n) is 4.27. The molecular formula is C14H21NO2. The smallest absolute Gasteiger partial charge is 0.325 e. The first-order chi connectivity index (χ1) is 8.19. The number of carbonyl (C=O) groups is 1. The highest BCUT2D eigenvalue weighted by atomic mass is 16.4. The number of hydrogen-bond donors (Lipinski definition) is 2. The first-order valence-corrected chi connectivity index (χ1v) is 6.20. The number of rotatable bonds is 7. The minimum absolute atomic E-state index is 0.542. The zero-order valence-electron chi connectivity index (χ0n) is 10.5. The van der Waals surface area contributed by atoms with Gasteiger partial charge in [-0.05, 0) is 18.0 Å². The van der Waals surface area contributed by atoms with Crippen LogP contribution in [0.4, 0.5) is 0 Å². The molecule has 0 aliphatic rings. The summed E-state index contributed by atoms with van der Waals surface area (Å²) in [4.78, 5) is 11.2. The van der Waals surface area contributed by atoms with E-state index in [4.69, 9.17) is 0 Å². The molecule has 1 atom stereocenters. The van der Waals surface area contributed by atoms with Crippen LogP contribution in [0.3, 0.4) is 0 Å². The van der Waals surface area contributed by atoms with Crippen molar-refractivity contribution in [3.8, 4) is 0 Å². The average Bonchev–Trinajstić information content (AvgIpc) is 2.35. The molecule has 17 heavy (non-hydrogen) atoms. The van der Waals surface area contributed by atoms with E-state index in [1.807, 2.05) is 30.3 Å². The Balaban J connectivity index is 2.65. The van der Waals surface area contributed by atoms with Crippen LogP contribution >= 0.6 is 0 Å². The van der Waals surface area contributed by atoms with E-state index in [0.717, 1.165) is 24.9 Å². The summed E-state index contributed by atoms with van der Waals surface area (Å²) < 4.78 is 0. The predicted octanol–water partition coefficient (Wildman–Crippen LogP) is 2.84. The highest BCUT2D eigenvalue weighted by Gasteiger charge is 2.19. The van der Waals surface area contributed by atoms with Gasteiger partial charge in [0, 0.05) is 0 Å². The number of nitrogens with one attached hydrogen (secondary N) is 1. The van der Waals surface area contributed by atoms with Crippen molar-refractivity contribution < 1.29 is 9.90 Å². The van der Waals surface area contributed by atoms with Crippen LogP contribution in [0.1, 0.15) is 38.3 Å². The molecule has 0 radical (unpaired) electrons. The van der Waals surface area contributed by atoms with Gasteiger partial charge in [-0.2, -0.15) is 0 Å². The van der Waals surface area contributed by atoms with Crippen LogP contribution in [0.2, 0.25) is 0 Å². The molecule has 0 saturated heterocycles. The molecule has 1 aromatic rings. The number of carboxylic acid groups (broad SMARTS) is 1. The maximum atomic E-state index is 11.2. The lowest BCUT2D eigenvalue weighted by molar-refractivity contribution is -0.139. The van der Waals surface area contributed by atoms with Crippen LogP contribution in [0, 0.1) is 5.92 Å². The molecule has 0 saturated carbocycles. The molecule has 0 aliphatic carbocycles. The van der Waals surface area contributed by atoms with Crippen molar-refractivity contribution in [2.75, 3.05) is 6.54 Å². The molecular weight excluding hydrogens is 214 g/mol. The topological polar surface area (TPSA) is 49.3 Å². The van der Waals surface area contributed by atoms with Gasteiger partial charge in [-0.15, -0.1) is 0 Å². The molecule has 1 rings (SSSR count). The largest absolute Gasteiger partial charge is 0.480 e. The van der Waals surface area contributed by atoms with Gasteiger partial charge in [0.1, 0.15) is 6.04 Å². The minimum Gasteiger partial charge on any atom is -0.480 e. The second kappa shape index (κ2) is 7.07. The number of aliphatic carboxylic acids is 1. The van der Waals surface area contributed by atoms with Gasteiger partial charge in [0.25, 0.3) is 0 Å². The van der Waals surface area contributed by atoms with Crippen LogP contribution in [0.25, 0.3) is 0 Å². The molecule has 0 aromatic heterocycles. The summed E-state index contributed by atoms with van der Waals surface area (Å²) in [6, 6.07) is 8.71. The zero-order valence-corrected chi connectivity index (χ0v) is 10.5. The first kappa shape index (κ1) is 13.7. The fourth-order valence-electron chi connectivity index (χ4n) is 1.86. The molecule has 1 aromatic carbocycles. The Labute approximate surface area is 103 Å². The summed E-state index contributed by atoms with van der Waals surface area (Å²) >= 11 is 0. The van der Waals surface area contributed by atoms with Gasteiger partial charge in [-0.25, -0.2) is 0 Å². The summed E-state index contributed by atoms with van der Waals surface area (Å²) in [6.07, 6.45) is 2.15. The monoisotopic (exact) mass is 235 g/mol. The molecule has 0 heterocycles. The summed E-state index contributed by atoms with van der Waals surface area (Å²) in [5, 5.41) is 12.4. The normalized spacial score (nSPS) is 12.6. The van der Waals surface area contributed by atoms with Gasteiger partial charge in [0.05, 0.1) is 0 Å². The van der Waals surface area contributed by atoms with Gasteiger partial charge >= 0.3 is 5.97 Å². The van der Waals surface area contributed by atoms with Crippen LogP contribution in [-0.4, -0.2) is 17.6 Å². The first-order valence-electron chi connectivity index (χ1n) is 6.20. The van der Waals surface area contributed by atoms with Gasteiger partial charge in [0.2, 0.25) is 0 Å². The van der Waals surface area contributed by atoms with Crippen molar-refractivity contribution in [2.24, 2.45) is 5.92 Å². The number of carboxylic acids is 1. The van der Waals surface area contributed by atoms with Crippen LogP contribution in [-0.2, 0) is 4.79 Å². The van der Waals surface area contributed by atoms with E-state index in [1.165, 1.54) is 0 Å². The average molecular weight is 235 g/mol. The lowest BCUT2D eigenvalue weighted by Gasteiger charge is -2.19. The summed E-state index contributed by atoms with van der Waals surface area (Å²) in [5.41, 5.74) is 0.811. The van der Waals surface area contributed by atoms with Crippen LogP contribution in [0.15, 0.2) is 30.3 Å². The third kappa shape index (κ3) is 4.19. The van der Waals surface area contributed by atoms with E-state index in [0.29, 0.717) is 5.92 Å². The van der Waals surface area contributed by atoms with E-state index in [-0.39, 0.29) is 0 Å². The molecule has 0 spiro atoms. The molecule has 0 fully saturated rings. The van der Waals surface area contributed by atoms with Crippen molar-refractivity contribution in [1.82, 2.24) is 5.32 Å². The zero-order chi connectivity index (χ0) is 12.7. The lowest BCUT2D eigenvalue weighted by atomic mass is 10.0. The second-order valence-corrected chi connectivity index (χ2v) is 4.27. The molecule has 1 unspecified atom stereocenters. The highest BCUT2D eigenvalue weighted by Crippen LogP contribution is 2.14. The summed E-state index contributed by atoms with van der Waals surface area (Å²) in [5.74, 6) is -0.275. The molecule has 3 heteroatoms. The molecule has 2 N–H and O–H groups in total. The van der Waals surface area contributed by atoms with E-state index in [9.17, 15) is 9.90 Å². The summed E-state index contributed by atoms with van der Waals surface area (Å²) in [6.45, 7) is 5.02. The molecule has 3 nitrogen and oxygen atoms in total. The Morgan fingerprint density at radius 3 is 2.29 bits per heavy atom. The van der Waals surface area contributed by atoms with Gasteiger partial charge in [-0.3, -0.25) is 4.79 Å². The SMILES string of the molecule is CCC(CC)CNC(C(=O)O)c1ccccc1.